The lowest BCUT2D eigenvalue weighted by Gasteiger charge is -2.32. The second-order valence-corrected chi connectivity index (χ2v) is 5.72. The first-order valence-electron chi connectivity index (χ1n) is 6.63. The van der Waals surface area contributed by atoms with Gasteiger partial charge in [-0.1, -0.05) is 12.1 Å². The fourth-order valence-electron chi connectivity index (χ4n) is 2.78. The van der Waals surface area contributed by atoms with Crippen molar-refractivity contribution in [3.8, 4) is 0 Å². The molecule has 0 aliphatic carbocycles. The number of nitrogens with one attached hydrogen (secondary N) is 1. The molecule has 1 aromatic carbocycles. The van der Waals surface area contributed by atoms with Gasteiger partial charge in [-0.2, -0.15) is 0 Å². The largest absolute Gasteiger partial charge is 0.388 e. The zero-order valence-corrected chi connectivity index (χ0v) is 12.0. The number of carbonyl (C=O) groups is 1. The summed E-state index contributed by atoms with van der Waals surface area (Å²) in [4.78, 5) is 13.4. The highest BCUT2D eigenvalue weighted by molar-refractivity contribution is 5.95. The van der Waals surface area contributed by atoms with Crippen LogP contribution in [0.2, 0.25) is 0 Å². The minimum Gasteiger partial charge on any atom is -0.388 e. The number of likely N-dealkylation sites (N-methyl/N-ethyl adjacent to an activating group) is 1. The van der Waals surface area contributed by atoms with Crippen molar-refractivity contribution < 1.29 is 9.90 Å². The first-order chi connectivity index (χ1) is 8.84. The van der Waals surface area contributed by atoms with Crippen LogP contribution in [0.25, 0.3) is 0 Å². The Kier molecular flexibility index (Phi) is 3.65. The third kappa shape index (κ3) is 2.65. The van der Waals surface area contributed by atoms with Crippen molar-refractivity contribution in [2.75, 3.05) is 19.0 Å². The molecule has 0 radical (unpaired) electrons. The minimum absolute atomic E-state index is 0.124. The molecule has 4 heteroatoms. The van der Waals surface area contributed by atoms with Crippen molar-refractivity contribution >= 4 is 11.6 Å². The number of hydrogen-bond acceptors (Lipinski definition) is 3. The number of amides is 1. The molecule has 1 atom stereocenters. The van der Waals surface area contributed by atoms with E-state index in [4.69, 9.17) is 0 Å². The summed E-state index contributed by atoms with van der Waals surface area (Å²) < 4.78 is 0. The van der Waals surface area contributed by atoms with Gasteiger partial charge in [0, 0.05) is 19.2 Å². The first-order valence-corrected chi connectivity index (χ1v) is 6.63. The van der Waals surface area contributed by atoms with Gasteiger partial charge in [0.1, 0.15) is 0 Å². The van der Waals surface area contributed by atoms with Crippen LogP contribution in [0.15, 0.2) is 18.2 Å². The molecule has 0 fully saturated rings. The number of aliphatic hydroxyl groups is 1. The Morgan fingerprint density at radius 2 is 2.05 bits per heavy atom. The predicted octanol–water partition coefficient (Wildman–Crippen LogP) is 1.63. The number of carbonyl (C=O) groups excluding carboxylic acids is 1. The van der Waals surface area contributed by atoms with Crippen molar-refractivity contribution in [1.29, 1.82) is 0 Å². The molecule has 0 saturated heterocycles. The monoisotopic (exact) mass is 262 g/mol. The molecule has 0 spiro atoms. The summed E-state index contributed by atoms with van der Waals surface area (Å²) in [6.45, 7) is 3.59. The number of anilines is 1. The van der Waals surface area contributed by atoms with Crippen molar-refractivity contribution in [2.24, 2.45) is 0 Å². The van der Waals surface area contributed by atoms with Crippen LogP contribution < -0.4 is 10.2 Å². The van der Waals surface area contributed by atoms with Crippen LogP contribution in [0.1, 0.15) is 37.4 Å². The van der Waals surface area contributed by atoms with Crippen LogP contribution in [0.3, 0.4) is 0 Å². The van der Waals surface area contributed by atoms with E-state index >= 15 is 0 Å². The van der Waals surface area contributed by atoms with Crippen LogP contribution in [0.4, 0.5) is 5.69 Å². The molecular weight excluding hydrogens is 240 g/mol. The molecule has 1 aliphatic rings. The average Bonchev–Trinajstić information content (AvgIpc) is 2.33. The van der Waals surface area contributed by atoms with Gasteiger partial charge in [0.05, 0.1) is 11.6 Å². The molecule has 1 heterocycles. The highest BCUT2D eigenvalue weighted by Crippen LogP contribution is 2.32. The summed E-state index contributed by atoms with van der Waals surface area (Å²) in [5.74, 6) is 0.160. The number of benzene rings is 1. The van der Waals surface area contributed by atoms with Crippen molar-refractivity contribution in [3.05, 3.63) is 29.3 Å². The molecule has 4 nitrogen and oxygen atoms in total. The second kappa shape index (κ2) is 4.94. The molecule has 2 N–H and O–H groups in total. The van der Waals surface area contributed by atoms with Gasteiger partial charge >= 0.3 is 0 Å². The Morgan fingerprint density at radius 3 is 2.63 bits per heavy atom. The van der Waals surface area contributed by atoms with Gasteiger partial charge in [0.2, 0.25) is 5.91 Å². The maximum absolute atomic E-state index is 11.7. The summed E-state index contributed by atoms with van der Waals surface area (Å²) in [5.41, 5.74) is 2.37. The highest BCUT2D eigenvalue weighted by atomic mass is 16.3. The summed E-state index contributed by atoms with van der Waals surface area (Å²) in [7, 11) is 3.66. The van der Waals surface area contributed by atoms with E-state index in [9.17, 15) is 9.90 Å². The van der Waals surface area contributed by atoms with Crippen LogP contribution in [0.5, 0.6) is 0 Å². The molecule has 1 amide bonds. The van der Waals surface area contributed by atoms with Crippen LogP contribution in [-0.2, 0) is 11.2 Å². The summed E-state index contributed by atoms with van der Waals surface area (Å²) in [6.07, 6.45) is 1.33. The quantitative estimate of drug-likeness (QED) is 0.870. The van der Waals surface area contributed by atoms with E-state index in [1.54, 1.807) is 18.7 Å². The number of nitrogens with zero attached hydrogens (tertiary/aromatic N) is 1. The molecule has 0 saturated carbocycles. The van der Waals surface area contributed by atoms with Crippen LogP contribution in [0, 0.1) is 0 Å². The van der Waals surface area contributed by atoms with Gasteiger partial charge in [-0.05, 0) is 44.5 Å². The van der Waals surface area contributed by atoms with Gasteiger partial charge < -0.3 is 15.3 Å². The molecule has 104 valence electrons. The zero-order chi connectivity index (χ0) is 14.2. The van der Waals surface area contributed by atoms with Crippen LogP contribution >= 0.6 is 0 Å². The molecule has 0 aromatic heterocycles. The van der Waals surface area contributed by atoms with E-state index in [0.29, 0.717) is 6.42 Å². The van der Waals surface area contributed by atoms with Crippen molar-refractivity contribution in [2.45, 2.75) is 38.3 Å². The number of rotatable bonds is 3. The van der Waals surface area contributed by atoms with Gasteiger partial charge in [-0.15, -0.1) is 0 Å². The Balaban J connectivity index is 2.39. The van der Waals surface area contributed by atoms with Crippen molar-refractivity contribution in [3.63, 3.8) is 0 Å². The van der Waals surface area contributed by atoms with E-state index < -0.39 is 5.60 Å². The normalized spacial score (nSPS) is 17.3. The van der Waals surface area contributed by atoms with Gasteiger partial charge in [0.15, 0.2) is 0 Å². The standard InChI is InChI=1S/C15H22N2O2/c1-15(2,19)14(16-3)11-5-7-12-10(9-11)6-8-13(18)17(12)4/h5,7,9,14,16,19H,6,8H2,1-4H3. The Morgan fingerprint density at radius 1 is 1.37 bits per heavy atom. The maximum atomic E-state index is 11.7. The fraction of sp³-hybridized carbons (Fsp3) is 0.533. The van der Waals surface area contributed by atoms with Crippen LogP contribution in [-0.4, -0.2) is 30.7 Å². The first kappa shape index (κ1) is 14.0. The van der Waals surface area contributed by atoms with Gasteiger partial charge in [-0.3, -0.25) is 4.79 Å². The molecule has 2 rings (SSSR count). The molecular formula is C15H22N2O2. The predicted molar refractivity (Wildman–Crippen MR) is 76.3 cm³/mol. The lowest BCUT2D eigenvalue weighted by molar-refractivity contribution is -0.118. The molecule has 1 unspecified atom stereocenters. The summed E-state index contributed by atoms with van der Waals surface area (Å²) >= 11 is 0. The molecule has 1 aromatic rings. The Hall–Kier alpha value is -1.39. The van der Waals surface area contributed by atoms with E-state index in [-0.39, 0.29) is 11.9 Å². The van der Waals surface area contributed by atoms with E-state index in [2.05, 4.69) is 11.4 Å². The SMILES string of the molecule is CNC(c1ccc2c(c1)CCC(=O)N2C)C(C)(C)O. The number of hydrogen-bond donors (Lipinski definition) is 2. The van der Waals surface area contributed by atoms with Crippen molar-refractivity contribution in [1.82, 2.24) is 5.32 Å². The zero-order valence-electron chi connectivity index (χ0n) is 12.0. The second-order valence-electron chi connectivity index (χ2n) is 5.72. The third-order valence-electron chi connectivity index (χ3n) is 3.78. The Labute approximate surface area is 114 Å². The third-order valence-corrected chi connectivity index (χ3v) is 3.78. The molecule has 19 heavy (non-hydrogen) atoms. The molecule has 0 bridgehead atoms. The van der Waals surface area contributed by atoms with E-state index in [1.807, 2.05) is 26.2 Å². The fourth-order valence-corrected chi connectivity index (χ4v) is 2.78. The Bertz CT molecular complexity index is 491. The lowest BCUT2D eigenvalue weighted by Crippen LogP contribution is -2.37. The topological polar surface area (TPSA) is 52.6 Å². The number of aryl methyl sites for hydroxylation is 1. The lowest BCUT2D eigenvalue weighted by atomic mass is 9.89. The van der Waals surface area contributed by atoms with Gasteiger partial charge in [-0.25, -0.2) is 0 Å². The summed E-state index contributed by atoms with van der Waals surface area (Å²) in [6, 6.07) is 5.92. The minimum atomic E-state index is -0.834. The van der Waals surface area contributed by atoms with Gasteiger partial charge in [0.25, 0.3) is 0 Å². The van der Waals surface area contributed by atoms with E-state index in [0.717, 1.165) is 17.7 Å². The highest BCUT2D eigenvalue weighted by Gasteiger charge is 2.28. The smallest absolute Gasteiger partial charge is 0.227 e. The van der Waals surface area contributed by atoms with E-state index in [1.165, 1.54) is 5.56 Å². The number of fused-ring (bicyclic) bond motifs is 1. The average molecular weight is 262 g/mol. The summed E-state index contributed by atoms with van der Waals surface area (Å²) in [5, 5.41) is 13.4. The molecule has 1 aliphatic heterocycles. The maximum Gasteiger partial charge on any atom is 0.227 e.